The first-order valence-corrected chi connectivity index (χ1v) is 15.4. The fourth-order valence-corrected chi connectivity index (χ4v) is 6.19. The Balaban J connectivity index is 1.34. The van der Waals surface area contributed by atoms with Crippen LogP contribution in [0, 0.1) is 0 Å². The van der Waals surface area contributed by atoms with Gasteiger partial charge in [0.1, 0.15) is 6.61 Å². The minimum Gasteiger partial charge on any atom is -0.493 e. The van der Waals surface area contributed by atoms with Crippen molar-refractivity contribution in [1.82, 2.24) is 4.57 Å². The Labute approximate surface area is 268 Å². The minimum atomic E-state index is -0.790. The van der Waals surface area contributed by atoms with Gasteiger partial charge in [-0.25, -0.2) is 9.79 Å². The van der Waals surface area contributed by atoms with Crippen molar-refractivity contribution in [3.8, 4) is 34.5 Å². The van der Waals surface area contributed by atoms with E-state index in [0.29, 0.717) is 69.2 Å². The number of aromatic nitrogens is 1. The summed E-state index contributed by atoms with van der Waals surface area (Å²) in [4.78, 5) is 31.7. The molecular weight excluding hydrogens is 612 g/mol. The highest BCUT2D eigenvalue weighted by Gasteiger charge is 2.31. The molecule has 6 rings (SSSR count). The van der Waals surface area contributed by atoms with Gasteiger partial charge in [-0.05, 0) is 73.0 Å². The molecule has 46 heavy (non-hydrogen) atoms. The molecule has 1 aromatic heterocycles. The van der Waals surface area contributed by atoms with Crippen LogP contribution in [0.5, 0.6) is 34.5 Å². The number of carbonyl (C=O) groups excluding carboxylic acids is 1. The second-order valence-electron chi connectivity index (χ2n) is 10.1. The second kappa shape index (κ2) is 13.4. The van der Waals surface area contributed by atoms with Crippen LogP contribution in [-0.4, -0.2) is 44.8 Å². The lowest BCUT2D eigenvalue weighted by Gasteiger charge is -2.23. The van der Waals surface area contributed by atoms with Crippen molar-refractivity contribution in [2.24, 2.45) is 4.99 Å². The standard InChI is InChI=1S/C34H32N2O9S/c1-5-41-25-12-9-22(16-29(25)42-6-2)31-23(33(38)40-4)17-35-34-36(31)32(37)30(46-34)15-20-7-10-24(27(13-20)39-3)43-18-21-8-11-26-28(14-21)45-19-44-26/h7-17,31H,5-6,18-19H2,1-4H3/b30-15-/t31-/m1/s1. The Morgan fingerprint density at radius 3 is 2.48 bits per heavy atom. The second-order valence-corrected chi connectivity index (χ2v) is 11.1. The predicted molar refractivity (Wildman–Crippen MR) is 170 cm³/mol. The summed E-state index contributed by atoms with van der Waals surface area (Å²) in [6.07, 6.45) is 3.22. The smallest absolute Gasteiger partial charge is 0.337 e. The molecule has 0 amide bonds. The number of ether oxygens (including phenoxy) is 7. The van der Waals surface area contributed by atoms with Crippen LogP contribution in [-0.2, 0) is 16.1 Å². The Morgan fingerprint density at radius 1 is 0.935 bits per heavy atom. The third-order valence-electron chi connectivity index (χ3n) is 7.32. The number of esters is 1. The Hall–Kier alpha value is -5.23. The van der Waals surface area contributed by atoms with Crippen LogP contribution in [0.15, 0.2) is 76.2 Å². The van der Waals surface area contributed by atoms with E-state index in [2.05, 4.69) is 4.99 Å². The highest BCUT2D eigenvalue weighted by molar-refractivity contribution is 7.07. The van der Waals surface area contributed by atoms with Crippen LogP contribution in [0.2, 0.25) is 0 Å². The average molecular weight is 645 g/mol. The first-order chi connectivity index (χ1) is 22.4. The Kier molecular flexibility index (Phi) is 8.97. The van der Waals surface area contributed by atoms with Gasteiger partial charge in [0.2, 0.25) is 6.79 Å². The summed E-state index contributed by atoms with van der Waals surface area (Å²) in [6, 6.07) is 15.7. The average Bonchev–Trinajstić information content (AvgIpc) is 3.67. The molecule has 238 valence electrons. The molecule has 0 saturated heterocycles. The van der Waals surface area contributed by atoms with E-state index in [9.17, 15) is 9.59 Å². The minimum absolute atomic E-state index is 0.205. The van der Waals surface area contributed by atoms with E-state index < -0.39 is 12.0 Å². The van der Waals surface area contributed by atoms with Gasteiger partial charge in [0.05, 0.1) is 43.6 Å². The van der Waals surface area contributed by atoms with Gasteiger partial charge in [-0.2, -0.15) is 0 Å². The van der Waals surface area contributed by atoms with Crippen LogP contribution in [0.25, 0.3) is 6.08 Å². The number of rotatable bonds is 11. The molecule has 0 radical (unpaired) electrons. The molecule has 0 N–H and O–H groups in total. The van der Waals surface area contributed by atoms with Crippen LogP contribution in [0.3, 0.4) is 0 Å². The number of fused-ring (bicyclic) bond motifs is 2. The van der Waals surface area contributed by atoms with E-state index >= 15 is 0 Å². The van der Waals surface area contributed by atoms with Crippen molar-refractivity contribution < 1.29 is 38.0 Å². The first kappa shape index (κ1) is 30.8. The van der Waals surface area contributed by atoms with Crippen LogP contribution >= 0.6 is 11.3 Å². The van der Waals surface area contributed by atoms with Crippen LogP contribution < -0.4 is 43.3 Å². The zero-order valence-electron chi connectivity index (χ0n) is 25.7. The largest absolute Gasteiger partial charge is 0.493 e. The molecule has 0 unspecified atom stereocenters. The van der Waals surface area contributed by atoms with Crippen LogP contribution in [0.4, 0.5) is 0 Å². The van der Waals surface area contributed by atoms with Crippen molar-refractivity contribution in [2.75, 3.05) is 34.2 Å². The normalized spacial score (nSPS) is 15.0. The first-order valence-electron chi connectivity index (χ1n) is 14.6. The molecule has 2 aliphatic heterocycles. The SMILES string of the molecule is CCOc1ccc([C@@H]2C(C(=O)OC)=CN=c3s/c(=C\c4ccc(OCc5ccc6c(c5)OCO6)c(OC)c4)c(=O)n32)cc1OCC. The zero-order chi connectivity index (χ0) is 32.2. The lowest BCUT2D eigenvalue weighted by atomic mass is 9.97. The van der Waals surface area contributed by atoms with Crippen molar-refractivity contribution in [2.45, 2.75) is 26.5 Å². The summed E-state index contributed by atoms with van der Waals surface area (Å²) in [6.45, 7) is 5.13. The molecule has 3 aromatic carbocycles. The number of hydrogen-bond donors (Lipinski definition) is 0. The third-order valence-corrected chi connectivity index (χ3v) is 8.32. The van der Waals surface area contributed by atoms with Gasteiger partial charge in [0.25, 0.3) is 5.56 Å². The molecule has 11 nitrogen and oxygen atoms in total. The predicted octanol–water partition coefficient (Wildman–Crippen LogP) is 4.13. The zero-order valence-corrected chi connectivity index (χ0v) is 26.6. The molecule has 12 heteroatoms. The number of benzene rings is 3. The maximum Gasteiger partial charge on any atom is 0.337 e. The van der Waals surface area contributed by atoms with E-state index in [-0.39, 0.29) is 17.9 Å². The fourth-order valence-electron chi connectivity index (χ4n) is 5.22. The number of methoxy groups -OCH3 is 2. The highest BCUT2D eigenvalue weighted by Crippen LogP contribution is 2.36. The molecule has 0 aliphatic carbocycles. The summed E-state index contributed by atoms with van der Waals surface area (Å²) in [7, 11) is 2.85. The third kappa shape index (κ3) is 6.03. The van der Waals surface area contributed by atoms with Gasteiger partial charge < -0.3 is 33.2 Å². The van der Waals surface area contributed by atoms with Crippen molar-refractivity contribution in [3.05, 3.63) is 103 Å². The maximum absolute atomic E-state index is 14.0. The molecule has 0 saturated carbocycles. The number of hydrogen-bond acceptors (Lipinski definition) is 11. The molecule has 4 aromatic rings. The van der Waals surface area contributed by atoms with Gasteiger partial charge in [-0.1, -0.05) is 29.5 Å². The lowest BCUT2D eigenvalue weighted by molar-refractivity contribution is -0.136. The van der Waals surface area contributed by atoms with Gasteiger partial charge in [0.15, 0.2) is 39.3 Å². The topological polar surface area (TPSA) is 116 Å². The van der Waals surface area contributed by atoms with Gasteiger partial charge in [-0.15, -0.1) is 0 Å². The molecule has 2 aliphatic rings. The maximum atomic E-state index is 14.0. The summed E-state index contributed by atoms with van der Waals surface area (Å²) >= 11 is 1.22. The number of nitrogens with zero attached hydrogens (tertiary/aromatic N) is 2. The molecule has 0 spiro atoms. The summed E-state index contributed by atoms with van der Waals surface area (Å²) in [5.74, 6) is 2.94. The summed E-state index contributed by atoms with van der Waals surface area (Å²) in [5.41, 5.74) is 2.20. The van der Waals surface area contributed by atoms with E-state index in [4.69, 9.17) is 33.2 Å². The van der Waals surface area contributed by atoms with Gasteiger partial charge in [0, 0.05) is 6.20 Å². The van der Waals surface area contributed by atoms with Crippen molar-refractivity contribution >= 4 is 23.4 Å². The summed E-state index contributed by atoms with van der Waals surface area (Å²) in [5, 5.41) is 0. The molecule has 0 fully saturated rings. The summed E-state index contributed by atoms with van der Waals surface area (Å²) < 4.78 is 41.0. The van der Waals surface area contributed by atoms with Crippen LogP contribution in [0.1, 0.15) is 36.6 Å². The fraction of sp³-hybridized carbons (Fsp3) is 0.265. The Bertz CT molecular complexity index is 2000. The quantitative estimate of drug-likeness (QED) is 0.222. The van der Waals surface area contributed by atoms with Gasteiger partial charge >= 0.3 is 5.97 Å². The van der Waals surface area contributed by atoms with Gasteiger partial charge in [-0.3, -0.25) is 9.36 Å². The van der Waals surface area contributed by atoms with E-state index in [0.717, 1.165) is 11.1 Å². The lowest BCUT2D eigenvalue weighted by Crippen LogP contribution is -2.39. The number of thiazole rings is 1. The number of carbonyl (C=O) groups is 1. The van der Waals surface area contributed by atoms with E-state index in [1.165, 1.54) is 29.2 Å². The van der Waals surface area contributed by atoms with E-state index in [1.54, 1.807) is 37.5 Å². The monoisotopic (exact) mass is 644 g/mol. The molecule has 1 atom stereocenters. The van der Waals surface area contributed by atoms with Crippen molar-refractivity contribution in [3.63, 3.8) is 0 Å². The van der Waals surface area contributed by atoms with E-state index in [1.807, 2.05) is 44.2 Å². The highest BCUT2D eigenvalue weighted by atomic mass is 32.1. The van der Waals surface area contributed by atoms with Crippen molar-refractivity contribution in [1.29, 1.82) is 0 Å². The molecule has 3 heterocycles. The Morgan fingerprint density at radius 2 is 1.70 bits per heavy atom. The molecular formula is C34H32N2O9S. The molecule has 0 bridgehead atoms.